The summed E-state index contributed by atoms with van der Waals surface area (Å²) in [5.41, 5.74) is 5.85. The summed E-state index contributed by atoms with van der Waals surface area (Å²) in [4.78, 5) is 0. The number of halogens is 1. The van der Waals surface area contributed by atoms with Crippen LogP contribution in [0.2, 0.25) is 0 Å². The first-order valence-corrected chi connectivity index (χ1v) is 3.13. The van der Waals surface area contributed by atoms with E-state index in [9.17, 15) is 4.39 Å². The van der Waals surface area contributed by atoms with E-state index in [1.165, 1.54) is 0 Å². The van der Waals surface area contributed by atoms with Crippen molar-refractivity contribution in [3.8, 4) is 11.5 Å². The summed E-state index contributed by atoms with van der Waals surface area (Å²) in [7, 11) is 0. The molecule has 2 N–H and O–H groups in total. The number of alkyl halides is 1. The summed E-state index contributed by atoms with van der Waals surface area (Å²) < 4.78 is 21.6. The fraction of sp³-hybridized carbons (Fsp3) is 0.143. The molecule has 0 fully saturated rings. The molecule has 0 saturated heterocycles. The normalized spacial score (nSPS) is 20.3. The first-order chi connectivity index (χ1) is 5.27. The van der Waals surface area contributed by atoms with Gasteiger partial charge in [0.1, 0.15) is 0 Å². The van der Waals surface area contributed by atoms with Crippen LogP contribution in [0.15, 0.2) is 18.2 Å². The van der Waals surface area contributed by atoms with E-state index in [1.54, 1.807) is 18.2 Å². The van der Waals surface area contributed by atoms with Gasteiger partial charge in [-0.2, -0.15) is 4.39 Å². The van der Waals surface area contributed by atoms with Crippen LogP contribution in [0.5, 0.6) is 11.5 Å². The van der Waals surface area contributed by atoms with E-state index < -0.39 is 6.54 Å². The number of nitrogen functional groups attached to an aromatic ring is 1. The van der Waals surface area contributed by atoms with E-state index in [4.69, 9.17) is 5.73 Å². The van der Waals surface area contributed by atoms with E-state index >= 15 is 0 Å². The highest BCUT2D eigenvalue weighted by Crippen LogP contribution is 2.39. The molecular weight excluding hydrogens is 149 g/mol. The molecule has 1 atom stereocenters. The third-order valence-corrected chi connectivity index (χ3v) is 1.44. The Morgan fingerprint density at radius 1 is 1.36 bits per heavy atom. The van der Waals surface area contributed by atoms with Crippen LogP contribution in [0.4, 0.5) is 10.1 Å². The van der Waals surface area contributed by atoms with Gasteiger partial charge in [-0.15, -0.1) is 0 Å². The minimum Gasteiger partial charge on any atom is -0.425 e. The maximum atomic E-state index is 12.4. The van der Waals surface area contributed by atoms with Gasteiger partial charge in [0.15, 0.2) is 11.5 Å². The van der Waals surface area contributed by atoms with Gasteiger partial charge < -0.3 is 15.2 Å². The largest absolute Gasteiger partial charge is 0.425 e. The van der Waals surface area contributed by atoms with Crippen molar-refractivity contribution in [3.63, 3.8) is 0 Å². The van der Waals surface area contributed by atoms with Gasteiger partial charge in [0.25, 0.3) is 0 Å². The molecule has 0 spiro atoms. The van der Waals surface area contributed by atoms with Crippen molar-refractivity contribution >= 4 is 5.69 Å². The molecule has 1 unspecified atom stereocenters. The quantitative estimate of drug-likeness (QED) is 0.574. The van der Waals surface area contributed by atoms with Crippen molar-refractivity contribution in [2.45, 2.75) is 6.54 Å². The van der Waals surface area contributed by atoms with Crippen molar-refractivity contribution in [1.29, 1.82) is 0 Å². The van der Waals surface area contributed by atoms with Crippen molar-refractivity contribution in [3.05, 3.63) is 18.2 Å². The van der Waals surface area contributed by atoms with Gasteiger partial charge >= 0.3 is 6.54 Å². The van der Waals surface area contributed by atoms with E-state index in [-0.39, 0.29) is 0 Å². The Balaban J connectivity index is 2.49. The predicted molar refractivity (Wildman–Crippen MR) is 37.0 cm³/mol. The molecule has 4 heteroatoms. The summed E-state index contributed by atoms with van der Waals surface area (Å²) in [6.07, 6.45) is 0. The monoisotopic (exact) mass is 155 g/mol. The second kappa shape index (κ2) is 2.02. The number of hydrogen-bond donors (Lipinski definition) is 1. The van der Waals surface area contributed by atoms with Crippen molar-refractivity contribution < 1.29 is 13.9 Å². The van der Waals surface area contributed by atoms with Crippen LogP contribution in [-0.4, -0.2) is 6.54 Å². The minimum atomic E-state index is -1.71. The minimum absolute atomic E-state index is 0.292. The van der Waals surface area contributed by atoms with Crippen LogP contribution in [0.3, 0.4) is 0 Å². The molecule has 0 aromatic heterocycles. The zero-order valence-corrected chi connectivity index (χ0v) is 5.58. The lowest BCUT2D eigenvalue weighted by molar-refractivity contribution is -0.0649. The number of ether oxygens (including phenoxy) is 2. The van der Waals surface area contributed by atoms with Crippen molar-refractivity contribution in [2.75, 3.05) is 5.73 Å². The summed E-state index contributed by atoms with van der Waals surface area (Å²) in [6.45, 7) is -1.71. The Labute approximate surface area is 62.5 Å². The molecule has 0 saturated carbocycles. The van der Waals surface area contributed by atoms with E-state index in [0.29, 0.717) is 17.2 Å². The molecule has 1 aromatic rings. The molecule has 2 rings (SSSR count). The number of anilines is 1. The number of hydrogen-bond acceptors (Lipinski definition) is 3. The predicted octanol–water partition coefficient (Wildman–Crippen LogP) is 1.29. The highest BCUT2D eigenvalue weighted by atomic mass is 19.2. The molecule has 1 aliphatic heterocycles. The van der Waals surface area contributed by atoms with Crippen molar-refractivity contribution in [2.24, 2.45) is 0 Å². The van der Waals surface area contributed by atoms with Crippen LogP contribution in [0, 0.1) is 0 Å². The lowest BCUT2D eigenvalue weighted by atomic mass is 10.3. The summed E-state index contributed by atoms with van der Waals surface area (Å²) in [5, 5.41) is 0. The van der Waals surface area contributed by atoms with Crippen LogP contribution in [0.25, 0.3) is 0 Å². The molecule has 1 aliphatic rings. The number of nitrogens with two attached hydrogens (primary N) is 1. The topological polar surface area (TPSA) is 44.5 Å². The molecular formula is C7H6FNO2. The first kappa shape index (κ1) is 6.27. The molecule has 0 aliphatic carbocycles. The molecule has 0 bridgehead atoms. The van der Waals surface area contributed by atoms with Crippen molar-refractivity contribution in [1.82, 2.24) is 0 Å². The Hall–Kier alpha value is -1.45. The third-order valence-electron chi connectivity index (χ3n) is 1.44. The van der Waals surface area contributed by atoms with Gasteiger partial charge in [-0.3, -0.25) is 0 Å². The second-order valence-electron chi connectivity index (χ2n) is 2.18. The summed E-state index contributed by atoms with van der Waals surface area (Å²) in [6, 6.07) is 4.90. The molecule has 1 aromatic carbocycles. The fourth-order valence-corrected chi connectivity index (χ4v) is 0.968. The average molecular weight is 155 g/mol. The standard InChI is InChI=1S/C7H6FNO2/c8-7-10-5-3-1-2-4(9)6(5)11-7/h1-3,7H,9H2. The van der Waals surface area contributed by atoms with Gasteiger partial charge in [0.05, 0.1) is 5.69 Å². The highest BCUT2D eigenvalue weighted by Gasteiger charge is 2.24. The summed E-state index contributed by atoms with van der Waals surface area (Å²) in [5.74, 6) is 0.650. The van der Waals surface area contributed by atoms with E-state index in [1.807, 2.05) is 0 Å². The van der Waals surface area contributed by atoms with Gasteiger partial charge in [-0.25, -0.2) is 0 Å². The van der Waals surface area contributed by atoms with Gasteiger partial charge in [-0.05, 0) is 12.1 Å². The maximum absolute atomic E-state index is 12.4. The third kappa shape index (κ3) is 0.869. The Bertz CT molecular complexity index is 290. The van der Waals surface area contributed by atoms with Gasteiger partial charge in [-0.1, -0.05) is 6.07 Å². The number of fused-ring (bicyclic) bond motifs is 1. The average Bonchev–Trinajstić information content (AvgIpc) is 2.31. The second-order valence-corrected chi connectivity index (χ2v) is 2.18. The number of benzene rings is 1. The Morgan fingerprint density at radius 3 is 2.91 bits per heavy atom. The lowest BCUT2D eigenvalue weighted by Crippen LogP contribution is -2.09. The lowest BCUT2D eigenvalue weighted by Gasteiger charge is -1.97. The van der Waals surface area contributed by atoms with Crippen LogP contribution in [0.1, 0.15) is 0 Å². The SMILES string of the molecule is Nc1cccc2c1OC(F)O2. The molecule has 0 radical (unpaired) electrons. The van der Waals surface area contributed by atoms with Crippen LogP contribution < -0.4 is 15.2 Å². The van der Waals surface area contributed by atoms with E-state index in [2.05, 4.69) is 9.47 Å². The highest BCUT2D eigenvalue weighted by molar-refractivity contribution is 5.61. The molecule has 11 heavy (non-hydrogen) atoms. The Morgan fingerprint density at radius 2 is 2.18 bits per heavy atom. The number of rotatable bonds is 0. The first-order valence-electron chi connectivity index (χ1n) is 3.13. The molecule has 58 valence electrons. The zero-order valence-electron chi connectivity index (χ0n) is 5.58. The van der Waals surface area contributed by atoms with E-state index in [0.717, 1.165) is 0 Å². The number of para-hydroxylation sites is 1. The molecule has 0 amide bonds. The Kier molecular flexibility index (Phi) is 1.15. The van der Waals surface area contributed by atoms with Gasteiger partial charge in [0, 0.05) is 0 Å². The smallest absolute Gasteiger partial charge is 0.397 e. The maximum Gasteiger partial charge on any atom is 0.397 e. The summed E-state index contributed by atoms with van der Waals surface area (Å²) >= 11 is 0. The van der Waals surface area contributed by atoms with Gasteiger partial charge in [0.2, 0.25) is 0 Å². The molecule has 1 heterocycles. The molecule has 3 nitrogen and oxygen atoms in total. The van der Waals surface area contributed by atoms with Crippen LogP contribution >= 0.6 is 0 Å². The zero-order chi connectivity index (χ0) is 7.84. The van der Waals surface area contributed by atoms with Crippen LogP contribution in [-0.2, 0) is 0 Å². The fourth-order valence-electron chi connectivity index (χ4n) is 0.968.